The Morgan fingerprint density at radius 2 is 1.97 bits per heavy atom. The summed E-state index contributed by atoms with van der Waals surface area (Å²) in [7, 11) is -0.314. The summed E-state index contributed by atoms with van der Waals surface area (Å²) >= 11 is 0. The maximum Gasteiger partial charge on any atom is 0.227 e. The summed E-state index contributed by atoms with van der Waals surface area (Å²) < 4.78 is 17.5. The second kappa shape index (κ2) is 11.3. The topological polar surface area (TPSA) is 114 Å². The first-order valence-corrected chi connectivity index (χ1v) is 16.0. The van der Waals surface area contributed by atoms with E-state index >= 15 is 0 Å². The lowest BCUT2D eigenvalue weighted by Gasteiger charge is -2.39. The number of anilines is 3. The summed E-state index contributed by atoms with van der Waals surface area (Å²) in [5.74, 6) is 1.03. The van der Waals surface area contributed by atoms with Crippen LogP contribution in [0.5, 0.6) is 5.75 Å². The number of hydrogen-bond donors (Lipinski definition) is 2. The van der Waals surface area contributed by atoms with Gasteiger partial charge in [-0.05, 0) is 41.9 Å². The molecule has 206 valence electrons. The lowest BCUT2D eigenvalue weighted by atomic mass is 9.83. The molecule has 9 nitrogen and oxygen atoms in total. The molecule has 3 aromatic rings. The second-order valence-electron chi connectivity index (χ2n) is 11.6. The number of nitriles is 1. The van der Waals surface area contributed by atoms with Gasteiger partial charge in [-0.2, -0.15) is 5.26 Å². The van der Waals surface area contributed by atoms with Crippen molar-refractivity contribution in [2.75, 3.05) is 44.1 Å². The highest BCUT2D eigenvalue weighted by Gasteiger charge is 2.42. The highest BCUT2D eigenvalue weighted by molar-refractivity contribution is 6.74. The number of benzene rings is 1. The van der Waals surface area contributed by atoms with Crippen molar-refractivity contribution >= 4 is 25.6 Å². The predicted octanol–water partition coefficient (Wildman–Crippen LogP) is 5.88. The third-order valence-electron chi connectivity index (χ3n) is 7.65. The number of pyridine rings is 1. The zero-order valence-electron chi connectivity index (χ0n) is 23.9. The van der Waals surface area contributed by atoms with Crippen LogP contribution in [-0.2, 0) is 14.6 Å². The number of aromatic nitrogens is 3. The first-order chi connectivity index (χ1) is 18.5. The number of fused-ring (bicyclic) bond motifs is 1. The summed E-state index contributed by atoms with van der Waals surface area (Å²) in [6.07, 6.45) is 5.03. The Bertz CT molecular complexity index is 1370. The van der Waals surface area contributed by atoms with Gasteiger partial charge < -0.3 is 24.5 Å². The molecule has 0 saturated heterocycles. The zero-order chi connectivity index (χ0) is 28.3. The number of hydrogen-bond acceptors (Lipinski definition) is 9. The molecule has 4 rings (SSSR count). The van der Waals surface area contributed by atoms with E-state index in [2.05, 4.69) is 73.5 Å². The minimum atomic E-state index is -1.94. The number of nitrogens with zero attached hydrogens (tertiary/aromatic N) is 4. The van der Waals surface area contributed by atoms with Crippen LogP contribution in [-0.4, -0.2) is 56.7 Å². The number of ether oxygens (including phenoxy) is 2. The summed E-state index contributed by atoms with van der Waals surface area (Å²) in [6, 6.07) is 10.00. The van der Waals surface area contributed by atoms with Crippen molar-refractivity contribution in [3.8, 4) is 23.1 Å². The molecule has 0 spiro atoms. The molecule has 0 bridgehead atoms. The first-order valence-electron chi connectivity index (χ1n) is 13.1. The first kappa shape index (κ1) is 28.5. The maximum atomic E-state index is 9.99. The molecule has 2 N–H and O–H groups in total. The molecule has 0 unspecified atom stereocenters. The van der Waals surface area contributed by atoms with E-state index in [1.807, 2.05) is 12.1 Å². The highest BCUT2D eigenvalue weighted by Crippen LogP contribution is 2.44. The zero-order valence-corrected chi connectivity index (χ0v) is 24.9. The second-order valence-corrected chi connectivity index (χ2v) is 16.4. The van der Waals surface area contributed by atoms with Crippen molar-refractivity contribution in [1.29, 1.82) is 5.26 Å². The van der Waals surface area contributed by atoms with Gasteiger partial charge in [-0.15, -0.1) is 0 Å². The normalized spacial score (nSPS) is 16.8. The molecule has 0 saturated carbocycles. The van der Waals surface area contributed by atoms with Crippen molar-refractivity contribution in [3.63, 3.8) is 0 Å². The van der Waals surface area contributed by atoms with E-state index in [1.165, 1.54) is 0 Å². The van der Waals surface area contributed by atoms with Crippen molar-refractivity contribution in [2.24, 2.45) is 0 Å². The Morgan fingerprint density at radius 1 is 1.18 bits per heavy atom. The average Bonchev–Trinajstić information content (AvgIpc) is 3.24. The van der Waals surface area contributed by atoms with Crippen LogP contribution in [0.25, 0.3) is 11.3 Å². The van der Waals surface area contributed by atoms with Crippen LogP contribution >= 0.6 is 0 Å². The number of rotatable bonds is 10. The van der Waals surface area contributed by atoms with Gasteiger partial charge in [-0.1, -0.05) is 27.7 Å². The minimum absolute atomic E-state index is 0.116. The molecule has 1 atom stereocenters. The highest BCUT2D eigenvalue weighted by atomic mass is 28.4. The van der Waals surface area contributed by atoms with Gasteiger partial charge in [-0.25, -0.2) is 9.97 Å². The summed E-state index contributed by atoms with van der Waals surface area (Å²) in [5, 5.41) is 16.8. The monoisotopic (exact) mass is 546 g/mol. The molecule has 39 heavy (non-hydrogen) atoms. The van der Waals surface area contributed by atoms with Gasteiger partial charge in [-0.3, -0.25) is 4.98 Å². The van der Waals surface area contributed by atoms with Crippen LogP contribution in [0.1, 0.15) is 38.8 Å². The molecule has 3 heterocycles. The maximum absolute atomic E-state index is 9.99. The fourth-order valence-corrected chi connectivity index (χ4v) is 5.26. The van der Waals surface area contributed by atoms with Crippen molar-refractivity contribution in [2.45, 2.75) is 51.2 Å². The van der Waals surface area contributed by atoms with E-state index in [4.69, 9.17) is 18.9 Å². The van der Waals surface area contributed by atoms with Gasteiger partial charge in [0.05, 0.1) is 29.7 Å². The van der Waals surface area contributed by atoms with Gasteiger partial charge in [0.15, 0.2) is 8.32 Å². The van der Waals surface area contributed by atoms with E-state index in [0.717, 1.165) is 16.8 Å². The molecular formula is C29H38N6O3Si. The summed E-state index contributed by atoms with van der Waals surface area (Å²) in [6.45, 7) is 15.6. The smallest absolute Gasteiger partial charge is 0.227 e. The molecule has 0 aliphatic carbocycles. The van der Waals surface area contributed by atoms with Gasteiger partial charge >= 0.3 is 0 Å². The fraction of sp³-hybridized carbons (Fsp3) is 0.448. The van der Waals surface area contributed by atoms with Crippen molar-refractivity contribution in [3.05, 3.63) is 54.0 Å². The van der Waals surface area contributed by atoms with Crippen LogP contribution in [0.2, 0.25) is 18.1 Å². The molecule has 1 aliphatic rings. The molecule has 2 aromatic heterocycles. The molecule has 1 aliphatic heterocycles. The Labute approximate surface area is 232 Å². The Kier molecular flexibility index (Phi) is 8.25. The number of nitrogens with one attached hydrogen (secondary N) is 2. The van der Waals surface area contributed by atoms with E-state index < -0.39 is 8.32 Å². The van der Waals surface area contributed by atoms with Gasteiger partial charge in [0, 0.05) is 49.7 Å². The SMILES string of the molecule is COCCOc1ccncc1Nc1nccc(-c2cc(C#N)c3c(c2)[C@@](C)(CO[Si](C)(C)C(C)(C)C)CN3)n1. The Balaban J connectivity index is 1.63. The van der Waals surface area contributed by atoms with Crippen molar-refractivity contribution in [1.82, 2.24) is 15.0 Å². The fourth-order valence-electron chi connectivity index (χ4n) is 4.14. The van der Waals surface area contributed by atoms with Crippen molar-refractivity contribution < 1.29 is 13.9 Å². The van der Waals surface area contributed by atoms with E-state index in [-0.39, 0.29) is 10.5 Å². The van der Waals surface area contributed by atoms with Crippen LogP contribution in [0.3, 0.4) is 0 Å². The predicted molar refractivity (Wildman–Crippen MR) is 156 cm³/mol. The van der Waals surface area contributed by atoms with Crippen LogP contribution in [0, 0.1) is 11.3 Å². The third-order valence-corrected chi connectivity index (χ3v) is 12.1. The standard InChI is InChI=1S/C29H38N6O3Si/c1-28(2,3)39(6,7)38-19-29(4)18-33-26-21(16-30)14-20(15-22(26)29)23-8-11-32-27(34-23)35-24-17-31-10-9-25(24)37-13-12-36-5/h8-11,14-15,17,33H,12-13,18-19H2,1-7H3,(H,32,34,35)/t29-/m1/s1. The molecule has 0 fully saturated rings. The molecule has 1 aromatic carbocycles. The van der Waals surface area contributed by atoms with Crippen LogP contribution in [0.4, 0.5) is 17.3 Å². The number of methoxy groups -OCH3 is 1. The Morgan fingerprint density at radius 3 is 2.69 bits per heavy atom. The molecular weight excluding hydrogens is 508 g/mol. The molecule has 0 radical (unpaired) electrons. The lowest BCUT2D eigenvalue weighted by Crippen LogP contribution is -2.45. The van der Waals surface area contributed by atoms with E-state index in [1.54, 1.807) is 31.8 Å². The largest absolute Gasteiger partial charge is 0.489 e. The van der Waals surface area contributed by atoms with Gasteiger partial charge in [0.2, 0.25) is 5.95 Å². The van der Waals surface area contributed by atoms with Gasteiger partial charge in [0.1, 0.15) is 24.1 Å². The minimum Gasteiger partial charge on any atom is -0.489 e. The molecule has 0 amide bonds. The molecule has 10 heteroatoms. The average molecular weight is 547 g/mol. The van der Waals surface area contributed by atoms with Crippen LogP contribution < -0.4 is 15.4 Å². The summed E-state index contributed by atoms with van der Waals surface area (Å²) in [4.78, 5) is 13.4. The van der Waals surface area contributed by atoms with E-state index in [0.29, 0.717) is 55.0 Å². The Hall–Kier alpha value is -3.52. The lowest BCUT2D eigenvalue weighted by molar-refractivity contribution is 0.146. The summed E-state index contributed by atoms with van der Waals surface area (Å²) in [5.41, 5.74) is 4.47. The van der Waals surface area contributed by atoms with Crippen LogP contribution in [0.15, 0.2) is 42.9 Å². The quantitative estimate of drug-likeness (QED) is 0.237. The van der Waals surface area contributed by atoms with Gasteiger partial charge in [0.25, 0.3) is 0 Å². The third kappa shape index (κ3) is 6.22. The van der Waals surface area contributed by atoms with E-state index in [9.17, 15) is 5.26 Å².